The number of carbonyl (C=O) groups is 2. The molecule has 0 spiro atoms. The summed E-state index contributed by atoms with van der Waals surface area (Å²) >= 11 is 0. The lowest BCUT2D eigenvalue weighted by molar-refractivity contribution is -0.137. The molecule has 2 amide bonds. The molecular weight excluding hydrogens is 405 g/mol. The van der Waals surface area contributed by atoms with Crippen LogP contribution in [-0.2, 0) is 6.18 Å². The predicted molar refractivity (Wildman–Crippen MR) is 112 cm³/mol. The highest BCUT2D eigenvalue weighted by molar-refractivity contribution is 6.09. The summed E-state index contributed by atoms with van der Waals surface area (Å²) in [6.07, 6.45) is -2.42. The Morgan fingerprint density at radius 2 is 1.45 bits per heavy atom. The minimum absolute atomic E-state index is 0.145. The van der Waals surface area contributed by atoms with E-state index in [1.807, 2.05) is 0 Å². The number of rotatable bonds is 5. The van der Waals surface area contributed by atoms with E-state index >= 15 is 0 Å². The monoisotopic (exact) mass is 424 g/mol. The van der Waals surface area contributed by atoms with Crippen LogP contribution in [0, 0.1) is 0 Å². The van der Waals surface area contributed by atoms with Crippen molar-refractivity contribution < 1.29 is 22.8 Å². The maximum Gasteiger partial charge on any atom is 0.416 e. The Bertz CT molecular complexity index is 1100. The molecule has 0 heterocycles. The number of hydrogen-bond donors (Lipinski definition) is 2. The van der Waals surface area contributed by atoms with Crippen LogP contribution in [0.15, 0.2) is 72.8 Å². The van der Waals surface area contributed by atoms with Crippen molar-refractivity contribution in [1.29, 1.82) is 0 Å². The quantitative estimate of drug-likeness (QED) is 0.567. The van der Waals surface area contributed by atoms with Crippen molar-refractivity contribution in [2.75, 3.05) is 5.32 Å². The van der Waals surface area contributed by atoms with Crippen molar-refractivity contribution in [3.05, 3.63) is 89.5 Å². The van der Waals surface area contributed by atoms with Gasteiger partial charge in [0.05, 0.1) is 5.56 Å². The number of anilines is 1. The largest absolute Gasteiger partial charge is 0.416 e. The van der Waals surface area contributed by atoms with Crippen LogP contribution in [0.3, 0.4) is 0 Å². The van der Waals surface area contributed by atoms with E-state index in [4.69, 9.17) is 0 Å². The molecule has 158 valence electrons. The number of amides is 2. The Morgan fingerprint density at radius 1 is 0.806 bits per heavy atom. The van der Waals surface area contributed by atoms with E-state index in [1.54, 1.807) is 48.5 Å². The van der Waals surface area contributed by atoms with E-state index in [2.05, 4.69) is 10.6 Å². The van der Waals surface area contributed by atoms with Crippen LogP contribution in [0.5, 0.6) is 0 Å². The number of hydrogen-bond acceptors (Lipinski definition) is 2. The van der Waals surface area contributed by atoms with Gasteiger partial charge in [0.15, 0.2) is 0 Å². The topological polar surface area (TPSA) is 58.2 Å². The summed E-state index contributed by atoms with van der Waals surface area (Å²) in [5.74, 6) is -0.543. The first kappa shape index (κ1) is 20.7. The van der Waals surface area contributed by atoms with Crippen LogP contribution in [0.25, 0.3) is 11.1 Å². The minimum Gasteiger partial charge on any atom is -0.349 e. The SMILES string of the molecule is O=C(NC1CC1)c1ccc(NC(=O)c2ccccc2-c2ccc(C(F)(F)F)cc2)cc1. The van der Waals surface area contributed by atoms with E-state index in [1.165, 1.54) is 12.1 Å². The molecule has 0 aromatic heterocycles. The lowest BCUT2D eigenvalue weighted by atomic mass is 9.98. The van der Waals surface area contributed by atoms with E-state index in [-0.39, 0.29) is 11.9 Å². The van der Waals surface area contributed by atoms with Crippen LogP contribution >= 0.6 is 0 Å². The summed E-state index contributed by atoms with van der Waals surface area (Å²) in [6, 6.07) is 18.2. The predicted octanol–water partition coefficient (Wildman–Crippen LogP) is 5.52. The molecule has 1 aliphatic carbocycles. The molecule has 0 saturated heterocycles. The highest BCUT2D eigenvalue weighted by Gasteiger charge is 2.30. The molecule has 4 rings (SSSR count). The van der Waals surface area contributed by atoms with Gasteiger partial charge < -0.3 is 10.6 Å². The van der Waals surface area contributed by atoms with Crippen molar-refractivity contribution >= 4 is 17.5 Å². The summed E-state index contributed by atoms with van der Waals surface area (Å²) in [4.78, 5) is 24.9. The summed E-state index contributed by atoms with van der Waals surface area (Å²) in [7, 11) is 0. The number of nitrogens with one attached hydrogen (secondary N) is 2. The van der Waals surface area contributed by atoms with E-state index < -0.39 is 17.6 Å². The second-order valence-corrected chi connectivity index (χ2v) is 7.40. The zero-order valence-corrected chi connectivity index (χ0v) is 16.4. The molecule has 2 N–H and O–H groups in total. The third-order valence-corrected chi connectivity index (χ3v) is 5.01. The van der Waals surface area contributed by atoms with Gasteiger partial charge in [0.1, 0.15) is 0 Å². The van der Waals surface area contributed by atoms with Crippen molar-refractivity contribution in [3.63, 3.8) is 0 Å². The fourth-order valence-electron chi connectivity index (χ4n) is 3.17. The van der Waals surface area contributed by atoms with E-state index in [9.17, 15) is 22.8 Å². The standard InChI is InChI=1S/C24H19F3N2O2/c25-24(26,27)17-9-5-15(6-10-17)20-3-1-2-4-21(20)23(31)29-18-11-7-16(8-12-18)22(30)28-19-13-14-19/h1-12,19H,13-14H2,(H,28,30)(H,29,31). The molecule has 1 aliphatic rings. The van der Waals surface area contributed by atoms with Crippen LogP contribution < -0.4 is 10.6 Å². The Labute approximate surface area is 177 Å². The highest BCUT2D eigenvalue weighted by atomic mass is 19.4. The van der Waals surface area contributed by atoms with Gasteiger partial charge in [-0.25, -0.2) is 0 Å². The van der Waals surface area contributed by atoms with Crippen molar-refractivity contribution in [2.24, 2.45) is 0 Å². The lowest BCUT2D eigenvalue weighted by Gasteiger charge is -2.12. The van der Waals surface area contributed by atoms with Gasteiger partial charge in [0, 0.05) is 22.9 Å². The second kappa shape index (κ2) is 8.26. The normalized spacial score (nSPS) is 13.5. The maximum absolute atomic E-state index is 12.8. The Balaban J connectivity index is 1.51. The summed E-state index contributed by atoms with van der Waals surface area (Å²) in [6.45, 7) is 0. The first-order valence-corrected chi connectivity index (χ1v) is 9.80. The molecule has 0 unspecified atom stereocenters. The van der Waals surface area contributed by atoms with Crippen molar-refractivity contribution in [1.82, 2.24) is 5.32 Å². The maximum atomic E-state index is 12.8. The molecule has 0 radical (unpaired) electrons. The average Bonchev–Trinajstić information content (AvgIpc) is 3.57. The zero-order valence-electron chi connectivity index (χ0n) is 16.4. The molecule has 1 saturated carbocycles. The first-order chi connectivity index (χ1) is 14.8. The fraction of sp³-hybridized carbons (Fsp3) is 0.167. The minimum atomic E-state index is -4.42. The van der Waals surface area contributed by atoms with Crippen LogP contribution in [-0.4, -0.2) is 17.9 Å². The summed E-state index contributed by atoms with van der Waals surface area (Å²) in [5, 5.41) is 5.67. The highest BCUT2D eigenvalue weighted by Crippen LogP contribution is 2.32. The molecule has 7 heteroatoms. The summed E-state index contributed by atoms with van der Waals surface area (Å²) in [5.41, 5.74) is 1.63. The molecular formula is C24H19F3N2O2. The molecule has 0 aliphatic heterocycles. The Hall–Kier alpha value is -3.61. The smallest absolute Gasteiger partial charge is 0.349 e. The molecule has 0 atom stereocenters. The van der Waals surface area contributed by atoms with Crippen molar-refractivity contribution in [2.45, 2.75) is 25.1 Å². The van der Waals surface area contributed by atoms with Gasteiger partial charge in [0.25, 0.3) is 11.8 Å². The van der Waals surface area contributed by atoms with Gasteiger partial charge in [-0.05, 0) is 66.4 Å². The fourth-order valence-corrected chi connectivity index (χ4v) is 3.17. The average molecular weight is 424 g/mol. The molecule has 3 aromatic rings. The third kappa shape index (κ3) is 4.94. The van der Waals surface area contributed by atoms with Crippen LogP contribution in [0.1, 0.15) is 39.1 Å². The van der Waals surface area contributed by atoms with Gasteiger partial charge in [0.2, 0.25) is 0 Å². The van der Waals surface area contributed by atoms with Gasteiger partial charge in [-0.1, -0.05) is 30.3 Å². The molecule has 4 nitrogen and oxygen atoms in total. The zero-order chi connectivity index (χ0) is 22.0. The van der Waals surface area contributed by atoms with Crippen LogP contribution in [0.4, 0.5) is 18.9 Å². The second-order valence-electron chi connectivity index (χ2n) is 7.40. The van der Waals surface area contributed by atoms with E-state index in [0.717, 1.165) is 25.0 Å². The number of alkyl halides is 3. The van der Waals surface area contributed by atoms with Gasteiger partial charge >= 0.3 is 6.18 Å². The van der Waals surface area contributed by atoms with Gasteiger partial charge in [-0.3, -0.25) is 9.59 Å². The third-order valence-electron chi connectivity index (χ3n) is 5.01. The van der Waals surface area contributed by atoms with Gasteiger partial charge in [-0.2, -0.15) is 13.2 Å². The number of benzene rings is 3. The number of carbonyl (C=O) groups excluding carboxylic acids is 2. The molecule has 31 heavy (non-hydrogen) atoms. The molecule has 3 aromatic carbocycles. The Morgan fingerprint density at radius 3 is 2.06 bits per heavy atom. The van der Waals surface area contributed by atoms with Crippen LogP contribution in [0.2, 0.25) is 0 Å². The first-order valence-electron chi connectivity index (χ1n) is 9.80. The number of halogens is 3. The van der Waals surface area contributed by atoms with Gasteiger partial charge in [-0.15, -0.1) is 0 Å². The van der Waals surface area contributed by atoms with E-state index in [0.29, 0.717) is 27.9 Å². The molecule has 0 bridgehead atoms. The lowest BCUT2D eigenvalue weighted by Crippen LogP contribution is -2.25. The molecule has 1 fully saturated rings. The Kier molecular flexibility index (Phi) is 5.50. The van der Waals surface area contributed by atoms with Crippen molar-refractivity contribution in [3.8, 4) is 11.1 Å². The summed E-state index contributed by atoms with van der Waals surface area (Å²) < 4.78 is 38.5.